The first-order chi connectivity index (χ1) is 10.0. The molecule has 1 unspecified atom stereocenters. The maximum atomic E-state index is 13.7. The maximum absolute atomic E-state index is 13.7. The van der Waals surface area contributed by atoms with Crippen molar-refractivity contribution in [2.45, 2.75) is 19.4 Å². The van der Waals surface area contributed by atoms with Crippen LogP contribution in [0, 0.1) is 18.6 Å². The van der Waals surface area contributed by atoms with Crippen LogP contribution in [-0.4, -0.2) is 7.11 Å². The Hall–Kier alpha value is -1.98. The van der Waals surface area contributed by atoms with Crippen LogP contribution in [0.25, 0.3) is 0 Å². The lowest BCUT2D eigenvalue weighted by Crippen LogP contribution is -2.29. The third-order valence-electron chi connectivity index (χ3n) is 3.32. The molecule has 0 aliphatic heterocycles. The lowest BCUT2D eigenvalue weighted by atomic mass is 9.98. The summed E-state index contributed by atoms with van der Waals surface area (Å²) < 4.78 is 32.1. The molecule has 112 valence electrons. The van der Waals surface area contributed by atoms with E-state index in [1.165, 1.54) is 25.3 Å². The number of ether oxygens (including phenoxy) is 1. The molecule has 0 amide bonds. The molecule has 1 atom stereocenters. The average Bonchev–Trinajstić information content (AvgIpc) is 2.43. The molecular weight excluding hydrogens is 274 g/mol. The average molecular weight is 292 g/mol. The summed E-state index contributed by atoms with van der Waals surface area (Å²) in [4.78, 5) is 0. The van der Waals surface area contributed by atoms with Gasteiger partial charge in [0.2, 0.25) is 0 Å². The molecule has 0 fully saturated rings. The Kier molecular flexibility index (Phi) is 4.88. The van der Waals surface area contributed by atoms with Gasteiger partial charge < -0.3 is 4.74 Å². The van der Waals surface area contributed by atoms with E-state index in [4.69, 9.17) is 10.6 Å². The minimum absolute atomic E-state index is 0.192. The molecule has 2 aromatic carbocycles. The van der Waals surface area contributed by atoms with E-state index in [2.05, 4.69) is 5.43 Å². The van der Waals surface area contributed by atoms with Gasteiger partial charge in [0.05, 0.1) is 13.2 Å². The zero-order valence-electron chi connectivity index (χ0n) is 12.0. The lowest BCUT2D eigenvalue weighted by molar-refractivity contribution is 0.386. The van der Waals surface area contributed by atoms with Crippen molar-refractivity contribution in [1.29, 1.82) is 0 Å². The molecule has 0 aromatic heterocycles. The topological polar surface area (TPSA) is 47.3 Å². The fourth-order valence-electron chi connectivity index (χ4n) is 2.31. The van der Waals surface area contributed by atoms with Crippen molar-refractivity contribution in [3.63, 3.8) is 0 Å². The van der Waals surface area contributed by atoms with Crippen LogP contribution in [0.4, 0.5) is 8.78 Å². The zero-order valence-corrected chi connectivity index (χ0v) is 12.0. The number of benzene rings is 2. The molecule has 0 aliphatic rings. The second-order valence-corrected chi connectivity index (χ2v) is 4.95. The third-order valence-corrected chi connectivity index (χ3v) is 3.32. The van der Waals surface area contributed by atoms with Gasteiger partial charge in [-0.15, -0.1) is 0 Å². The molecule has 0 radical (unpaired) electrons. The first-order valence-electron chi connectivity index (χ1n) is 6.59. The highest BCUT2D eigenvalue weighted by Gasteiger charge is 2.13. The zero-order chi connectivity index (χ0) is 15.4. The van der Waals surface area contributed by atoms with Crippen LogP contribution < -0.4 is 16.0 Å². The number of rotatable bonds is 5. The molecule has 21 heavy (non-hydrogen) atoms. The highest BCUT2D eigenvalue weighted by atomic mass is 19.1. The lowest BCUT2D eigenvalue weighted by Gasteiger charge is -2.17. The van der Waals surface area contributed by atoms with E-state index in [9.17, 15) is 8.78 Å². The largest absolute Gasteiger partial charge is 0.494 e. The van der Waals surface area contributed by atoms with Crippen molar-refractivity contribution in [2.24, 2.45) is 5.84 Å². The van der Waals surface area contributed by atoms with Crippen molar-refractivity contribution in [3.05, 3.63) is 64.7 Å². The molecule has 0 saturated heterocycles. The molecule has 3 nitrogen and oxygen atoms in total. The van der Waals surface area contributed by atoms with Crippen molar-refractivity contribution >= 4 is 0 Å². The van der Waals surface area contributed by atoms with Gasteiger partial charge in [-0.2, -0.15) is 0 Å². The normalized spacial score (nSPS) is 12.2. The van der Waals surface area contributed by atoms with Crippen molar-refractivity contribution < 1.29 is 13.5 Å². The van der Waals surface area contributed by atoms with E-state index >= 15 is 0 Å². The van der Waals surface area contributed by atoms with Gasteiger partial charge in [0.25, 0.3) is 0 Å². The van der Waals surface area contributed by atoms with Gasteiger partial charge in [-0.1, -0.05) is 12.1 Å². The summed E-state index contributed by atoms with van der Waals surface area (Å²) in [5.41, 5.74) is 4.94. The van der Waals surface area contributed by atoms with Crippen molar-refractivity contribution in [2.75, 3.05) is 7.11 Å². The summed E-state index contributed by atoms with van der Waals surface area (Å²) in [7, 11) is 1.41. The third kappa shape index (κ3) is 3.77. The minimum Gasteiger partial charge on any atom is -0.494 e. The standard InChI is InChI=1S/C16H18F2N2O/c1-10-5-12(9-13(17)6-10)15(20-19)8-11-3-4-16(21-2)14(18)7-11/h3-7,9,15,20H,8,19H2,1-2H3. The molecule has 0 saturated carbocycles. The van der Waals surface area contributed by atoms with Crippen LogP contribution in [0.5, 0.6) is 5.75 Å². The summed E-state index contributed by atoms with van der Waals surface area (Å²) in [6, 6.07) is 9.16. The second kappa shape index (κ2) is 6.65. The van der Waals surface area contributed by atoms with Crippen LogP contribution in [0.1, 0.15) is 22.7 Å². The van der Waals surface area contributed by atoms with Gasteiger partial charge in [-0.25, -0.2) is 8.78 Å². The first kappa shape index (κ1) is 15.4. The quantitative estimate of drug-likeness (QED) is 0.658. The highest BCUT2D eigenvalue weighted by molar-refractivity contribution is 5.32. The van der Waals surface area contributed by atoms with Gasteiger partial charge in [0.15, 0.2) is 11.6 Å². The Morgan fingerprint density at radius 2 is 1.95 bits per heavy atom. The van der Waals surface area contributed by atoms with E-state index in [0.29, 0.717) is 6.42 Å². The molecular formula is C16H18F2N2O. The molecule has 0 heterocycles. The van der Waals surface area contributed by atoms with Gasteiger partial charge in [-0.05, 0) is 54.3 Å². The molecule has 0 spiro atoms. The smallest absolute Gasteiger partial charge is 0.165 e. The number of hydrogen-bond donors (Lipinski definition) is 2. The number of hydrogen-bond acceptors (Lipinski definition) is 3. The summed E-state index contributed by atoms with van der Waals surface area (Å²) in [6.45, 7) is 1.81. The Labute approximate surface area is 122 Å². The number of halogens is 2. The molecule has 2 aromatic rings. The summed E-state index contributed by atoms with van der Waals surface area (Å²) >= 11 is 0. The van der Waals surface area contributed by atoms with Crippen LogP contribution in [-0.2, 0) is 6.42 Å². The van der Waals surface area contributed by atoms with Crippen molar-refractivity contribution in [1.82, 2.24) is 5.43 Å². The summed E-state index contributed by atoms with van der Waals surface area (Å²) in [5.74, 6) is 5.01. The molecule has 2 rings (SSSR count). The number of hydrazine groups is 1. The van der Waals surface area contributed by atoms with E-state index < -0.39 is 5.82 Å². The van der Waals surface area contributed by atoms with Crippen LogP contribution in [0.3, 0.4) is 0 Å². The first-order valence-corrected chi connectivity index (χ1v) is 6.59. The number of nitrogens with two attached hydrogens (primary N) is 1. The maximum Gasteiger partial charge on any atom is 0.165 e. The minimum atomic E-state index is -0.429. The van der Waals surface area contributed by atoms with Crippen LogP contribution in [0.15, 0.2) is 36.4 Å². The fraction of sp³-hybridized carbons (Fsp3) is 0.250. The number of aryl methyl sites for hydroxylation is 1. The molecule has 5 heteroatoms. The Morgan fingerprint density at radius 1 is 1.19 bits per heavy atom. The predicted octanol–water partition coefficient (Wildman–Crippen LogP) is 3.03. The van der Waals surface area contributed by atoms with Gasteiger partial charge >= 0.3 is 0 Å². The van der Waals surface area contributed by atoms with E-state index in [-0.39, 0.29) is 17.6 Å². The molecule has 0 bridgehead atoms. The Morgan fingerprint density at radius 3 is 2.52 bits per heavy atom. The van der Waals surface area contributed by atoms with E-state index in [0.717, 1.165) is 16.7 Å². The second-order valence-electron chi connectivity index (χ2n) is 4.95. The predicted molar refractivity (Wildman–Crippen MR) is 77.9 cm³/mol. The van der Waals surface area contributed by atoms with Gasteiger partial charge in [-0.3, -0.25) is 11.3 Å². The van der Waals surface area contributed by atoms with E-state index in [1.807, 2.05) is 13.0 Å². The van der Waals surface area contributed by atoms with Crippen LogP contribution >= 0.6 is 0 Å². The number of nitrogens with one attached hydrogen (secondary N) is 1. The summed E-state index contributed by atoms with van der Waals surface area (Å²) in [5, 5.41) is 0. The van der Waals surface area contributed by atoms with Gasteiger partial charge in [0.1, 0.15) is 5.82 Å². The monoisotopic (exact) mass is 292 g/mol. The van der Waals surface area contributed by atoms with Crippen LogP contribution in [0.2, 0.25) is 0 Å². The van der Waals surface area contributed by atoms with Crippen molar-refractivity contribution in [3.8, 4) is 5.75 Å². The highest BCUT2D eigenvalue weighted by Crippen LogP contribution is 2.23. The summed E-state index contributed by atoms with van der Waals surface area (Å²) in [6.07, 6.45) is 0.445. The SMILES string of the molecule is COc1ccc(CC(NN)c2cc(C)cc(F)c2)cc1F. The Balaban J connectivity index is 2.24. The van der Waals surface area contributed by atoms with Gasteiger partial charge in [0, 0.05) is 0 Å². The fourth-order valence-corrected chi connectivity index (χ4v) is 2.31. The Bertz CT molecular complexity index is 611. The number of methoxy groups -OCH3 is 1. The van der Waals surface area contributed by atoms with E-state index in [1.54, 1.807) is 12.1 Å². The molecule has 3 N–H and O–H groups in total. The molecule has 0 aliphatic carbocycles.